The molecule has 0 saturated carbocycles. The molecule has 0 aliphatic carbocycles. The van der Waals surface area contributed by atoms with E-state index in [0.717, 1.165) is 6.42 Å². The third-order valence-electron chi connectivity index (χ3n) is 2.93. The third-order valence-corrected chi connectivity index (χ3v) is 3.90. The molecule has 1 rings (SSSR count). The van der Waals surface area contributed by atoms with Crippen molar-refractivity contribution in [3.8, 4) is 0 Å². The van der Waals surface area contributed by atoms with E-state index >= 15 is 0 Å². The predicted octanol–water partition coefficient (Wildman–Crippen LogP) is 2.82. The van der Waals surface area contributed by atoms with E-state index in [2.05, 4.69) is 18.3 Å². The van der Waals surface area contributed by atoms with Crippen molar-refractivity contribution in [2.45, 2.75) is 46.6 Å². The summed E-state index contributed by atoms with van der Waals surface area (Å²) in [6.45, 7) is 6.21. The van der Waals surface area contributed by atoms with Crippen LogP contribution in [-0.4, -0.2) is 17.0 Å². The first-order valence-corrected chi connectivity index (χ1v) is 7.26. The normalized spacial score (nSPS) is 11.3. The molecule has 1 aromatic heterocycles. The Morgan fingerprint density at radius 2 is 2.05 bits per heavy atom. The molecule has 19 heavy (non-hydrogen) atoms. The molecule has 5 heteroatoms. The lowest BCUT2D eigenvalue weighted by molar-refractivity contribution is -0.139. The molecule has 0 bridgehead atoms. The van der Waals surface area contributed by atoms with Gasteiger partial charge in [-0.2, -0.15) is 0 Å². The third kappa shape index (κ3) is 5.42. The number of carbonyl (C=O) groups excluding carboxylic acids is 1. The van der Waals surface area contributed by atoms with E-state index in [0.29, 0.717) is 6.54 Å². The van der Waals surface area contributed by atoms with Crippen LogP contribution in [0.15, 0.2) is 11.4 Å². The van der Waals surface area contributed by atoms with Gasteiger partial charge in [-0.05, 0) is 28.8 Å². The van der Waals surface area contributed by atoms with E-state index in [4.69, 9.17) is 5.11 Å². The number of thiophene rings is 1. The minimum Gasteiger partial charge on any atom is -0.481 e. The molecule has 2 N–H and O–H groups in total. The maximum Gasteiger partial charge on any atom is 0.303 e. The van der Waals surface area contributed by atoms with Crippen molar-refractivity contribution in [2.24, 2.45) is 5.41 Å². The van der Waals surface area contributed by atoms with Gasteiger partial charge in [0.05, 0.1) is 13.0 Å². The highest BCUT2D eigenvalue weighted by Gasteiger charge is 2.25. The lowest BCUT2D eigenvalue weighted by Crippen LogP contribution is -2.29. The number of aliphatic carboxylic acids is 1. The van der Waals surface area contributed by atoms with Crippen LogP contribution in [0.4, 0.5) is 0 Å². The molecule has 0 unspecified atom stereocenters. The fourth-order valence-electron chi connectivity index (χ4n) is 1.99. The molecule has 0 fully saturated rings. The molecule has 1 amide bonds. The topological polar surface area (TPSA) is 66.4 Å². The van der Waals surface area contributed by atoms with Gasteiger partial charge in [0.15, 0.2) is 0 Å². The first-order chi connectivity index (χ1) is 8.84. The van der Waals surface area contributed by atoms with Gasteiger partial charge in [-0.25, -0.2) is 0 Å². The Bertz CT molecular complexity index is 451. The van der Waals surface area contributed by atoms with Crippen molar-refractivity contribution >= 4 is 23.2 Å². The Labute approximate surface area is 117 Å². The van der Waals surface area contributed by atoms with Crippen LogP contribution < -0.4 is 5.32 Å². The molecule has 0 atom stereocenters. The lowest BCUT2D eigenvalue weighted by Gasteiger charge is -2.21. The average molecular weight is 283 g/mol. The highest BCUT2D eigenvalue weighted by molar-refractivity contribution is 7.10. The molecular formula is C14H21NO3S. The quantitative estimate of drug-likeness (QED) is 0.808. The van der Waals surface area contributed by atoms with Crippen molar-refractivity contribution in [3.05, 3.63) is 21.9 Å². The van der Waals surface area contributed by atoms with E-state index in [1.165, 1.54) is 10.4 Å². The second-order valence-electron chi connectivity index (χ2n) is 5.41. The first kappa shape index (κ1) is 15.7. The van der Waals surface area contributed by atoms with E-state index in [9.17, 15) is 9.59 Å². The molecule has 1 aromatic rings. The molecule has 4 nitrogen and oxygen atoms in total. The van der Waals surface area contributed by atoms with Crippen LogP contribution in [-0.2, 0) is 22.6 Å². The van der Waals surface area contributed by atoms with Crippen LogP contribution >= 0.6 is 11.3 Å². The zero-order valence-corrected chi connectivity index (χ0v) is 12.5. The van der Waals surface area contributed by atoms with E-state index < -0.39 is 11.4 Å². The van der Waals surface area contributed by atoms with E-state index in [-0.39, 0.29) is 18.7 Å². The highest BCUT2D eigenvalue weighted by atomic mass is 32.1. The molecule has 0 aromatic carbocycles. The summed E-state index contributed by atoms with van der Waals surface area (Å²) >= 11 is 1.64. The van der Waals surface area contributed by atoms with Gasteiger partial charge in [-0.3, -0.25) is 9.59 Å². The molecule has 0 aliphatic heterocycles. The fourth-order valence-corrected chi connectivity index (χ4v) is 2.90. The number of hydrogen-bond acceptors (Lipinski definition) is 3. The highest BCUT2D eigenvalue weighted by Crippen LogP contribution is 2.25. The van der Waals surface area contributed by atoms with Crippen molar-refractivity contribution in [1.29, 1.82) is 0 Å². The smallest absolute Gasteiger partial charge is 0.303 e. The first-order valence-electron chi connectivity index (χ1n) is 6.38. The number of aryl methyl sites for hydroxylation is 1. The predicted molar refractivity (Wildman–Crippen MR) is 76.2 cm³/mol. The number of hydrogen-bond donors (Lipinski definition) is 2. The van der Waals surface area contributed by atoms with Gasteiger partial charge in [0, 0.05) is 11.3 Å². The zero-order chi connectivity index (χ0) is 14.5. The standard InChI is InChI=1S/C14H21NO3S/c1-4-10-5-6-19-11(10)9-15-12(16)7-14(2,3)8-13(17)18/h5-6H,4,7-9H2,1-3H3,(H,15,16)(H,17,18). The second-order valence-corrected chi connectivity index (χ2v) is 6.41. The van der Waals surface area contributed by atoms with Crippen molar-refractivity contribution in [3.63, 3.8) is 0 Å². The second kappa shape index (κ2) is 6.70. The maximum atomic E-state index is 11.8. The largest absolute Gasteiger partial charge is 0.481 e. The van der Waals surface area contributed by atoms with Crippen LogP contribution in [0.25, 0.3) is 0 Å². The van der Waals surface area contributed by atoms with Crippen LogP contribution in [0.5, 0.6) is 0 Å². The van der Waals surface area contributed by atoms with Gasteiger partial charge in [-0.1, -0.05) is 20.8 Å². The summed E-state index contributed by atoms with van der Waals surface area (Å²) in [7, 11) is 0. The SMILES string of the molecule is CCc1ccsc1CNC(=O)CC(C)(C)CC(=O)O. The summed E-state index contributed by atoms with van der Waals surface area (Å²) in [6, 6.07) is 2.07. The minimum absolute atomic E-state index is 0.000365. The number of carbonyl (C=O) groups is 2. The Morgan fingerprint density at radius 3 is 2.63 bits per heavy atom. The summed E-state index contributed by atoms with van der Waals surface area (Å²) in [5.74, 6) is -0.967. The number of carboxylic acids is 1. The minimum atomic E-state index is -0.871. The van der Waals surface area contributed by atoms with Gasteiger partial charge in [0.25, 0.3) is 0 Å². The van der Waals surface area contributed by atoms with Gasteiger partial charge in [-0.15, -0.1) is 11.3 Å². The monoisotopic (exact) mass is 283 g/mol. The van der Waals surface area contributed by atoms with Crippen LogP contribution in [0.1, 0.15) is 44.1 Å². The molecule has 0 radical (unpaired) electrons. The van der Waals surface area contributed by atoms with Gasteiger partial charge < -0.3 is 10.4 Å². The van der Waals surface area contributed by atoms with E-state index in [1.54, 1.807) is 25.2 Å². The van der Waals surface area contributed by atoms with Crippen molar-refractivity contribution in [1.82, 2.24) is 5.32 Å². The van der Waals surface area contributed by atoms with Crippen LogP contribution in [0.3, 0.4) is 0 Å². The zero-order valence-electron chi connectivity index (χ0n) is 11.7. The number of rotatable bonds is 7. The van der Waals surface area contributed by atoms with Gasteiger partial charge in [0.1, 0.15) is 0 Å². The summed E-state index contributed by atoms with van der Waals surface area (Å²) in [4.78, 5) is 23.7. The summed E-state index contributed by atoms with van der Waals surface area (Å²) in [6.07, 6.45) is 1.19. The fraction of sp³-hybridized carbons (Fsp3) is 0.571. The van der Waals surface area contributed by atoms with Crippen LogP contribution in [0.2, 0.25) is 0 Å². The van der Waals surface area contributed by atoms with Gasteiger partial charge >= 0.3 is 5.97 Å². The molecule has 1 heterocycles. The molecule has 0 aliphatic rings. The summed E-state index contributed by atoms with van der Waals surface area (Å²) in [5.41, 5.74) is 0.744. The molecule has 0 saturated heterocycles. The number of carboxylic acid groups (broad SMARTS) is 1. The number of nitrogens with one attached hydrogen (secondary N) is 1. The Balaban J connectivity index is 2.46. The Morgan fingerprint density at radius 1 is 1.37 bits per heavy atom. The number of amides is 1. The van der Waals surface area contributed by atoms with Gasteiger partial charge in [0.2, 0.25) is 5.91 Å². The average Bonchev–Trinajstić information content (AvgIpc) is 2.70. The maximum absolute atomic E-state index is 11.8. The Kier molecular flexibility index (Phi) is 5.54. The molecule has 106 valence electrons. The van der Waals surface area contributed by atoms with Crippen molar-refractivity contribution in [2.75, 3.05) is 0 Å². The molecular weight excluding hydrogens is 262 g/mol. The lowest BCUT2D eigenvalue weighted by atomic mass is 9.85. The van der Waals surface area contributed by atoms with E-state index in [1.807, 2.05) is 5.38 Å². The van der Waals surface area contributed by atoms with Crippen molar-refractivity contribution < 1.29 is 14.7 Å². The summed E-state index contributed by atoms with van der Waals surface area (Å²) < 4.78 is 0. The Hall–Kier alpha value is -1.36. The van der Waals surface area contributed by atoms with Crippen LogP contribution in [0, 0.1) is 5.41 Å². The summed E-state index contributed by atoms with van der Waals surface area (Å²) in [5, 5.41) is 13.7. The molecule has 0 spiro atoms.